The Kier molecular flexibility index (Phi) is 5.39. The number of amides is 1. The van der Waals surface area contributed by atoms with Gasteiger partial charge < -0.3 is 11.1 Å². The van der Waals surface area contributed by atoms with Gasteiger partial charge in [0, 0.05) is 17.5 Å². The summed E-state index contributed by atoms with van der Waals surface area (Å²) in [4.78, 5) is 12.0. The molecule has 0 aromatic heterocycles. The maximum atomic E-state index is 12.0. The lowest BCUT2D eigenvalue weighted by Crippen LogP contribution is -2.40. The topological polar surface area (TPSA) is 55.1 Å². The van der Waals surface area contributed by atoms with Crippen LogP contribution in [0, 0.1) is 5.41 Å². The zero-order valence-corrected chi connectivity index (χ0v) is 12.8. The van der Waals surface area contributed by atoms with Crippen LogP contribution in [0.15, 0.2) is 24.3 Å². The molecule has 1 aromatic carbocycles. The summed E-state index contributed by atoms with van der Waals surface area (Å²) in [5, 5.41) is 3.60. The maximum Gasteiger partial charge on any atom is 0.222 e. The van der Waals surface area contributed by atoms with Crippen LogP contribution in [-0.4, -0.2) is 11.9 Å². The van der Waals surface area contributed by atoms with Gasteiger partial charge in [-0.3, -0.25) is 4.79 Å². The van der Waals surface area contributed by atoms with E-state index >= 15 is 0 Å². The van der Waals surface area contributed by atoms with E-state index in [2.05, 4.69) is 5.32 Å². The molecule has 0 fully saturated rings. The minimum atomic E-state index is -0.161. The Morgan fingerprint density at radius 2 is 1.95 bits per heavy atom. The molecule has 0 heterocycles. The highest BCUT2D eigenvalue weighted by Gasteiger charge is 2.24. The van der Waals surface area contributed by atoms with E-state index in [0.717, 1.165) is 5.56 Å². The predicted octanol–water partition coefficient (Wildman–Crippen LogP) is 3.28. The molecule has 0 bridgehead atoms. The van der Waals surface area contributed by atoms with E-state index in [1.165, 1.54) is 0 Å². The summed E-state index contributed by atoms with van der Waals surface area (Å²) in [5.74, 6) is -0.0464. The van der Waals surface area contributed by atoms with Gasteiger partial charge in [0.05, 0.1) is 6.04 Å². The Hall–Kier alpha value is -1.06. The van der Waals surface area contributed by atoms with Gasteiger partial charge in [0.2, 0.25) is 5.91 Å². The van der Waals surface area contributed by atoms with Gasteiger partial charge in [0.25, 0.3) is 0 Å². The molecule has 0 saturated heterocycles. The van der Waals surface area contributed by atoms with Crippen molar-refractivity contribution in [2.45, 2.75) is 46.2 Å². The third-order valence-corrected chi connectivity index (χ3v) is 3.61. The van der Waals surface area contributed by atoms with Gasteiger partial charge in [0.15, 0.2) is 0 Å². The molecular weight excluding hydrogens is 260 g/mol. The fraction of sp³-hybridized carbons (Fsp3) is 0.533. The van der Waals surface area contributed by atoms with Crippen LogP contribution in [-0.2, 0) is 4.79 Å². The molecule has 0 aliphatic rings. The summed E-state index contributed by atoms with van der Waals surface area (Å²) in [6.07, 6.45) is 0.318. The van der Waals surface area contributed by atoms with Gasteiger partial charge in [-0.25, -0.2) is 0 Å². The smallest absolute Gasteiger partial charge is 0.222 e. The van der Waals surface area contributed by atoms with E-state index in [9.17, 15) is 4.79 Å². The summed E-state index contributed by atoms with van der Waals surface area (Å²) in [6, 6.07) is 7.23. The number of nitrogens with one attached hydrogen (secondary N) is 1. The van der Waals surface area contributed by atoms with E-state index < -0.39 is 0 Å². The number of carbonyl (C=O) groups excluding carboxylic acids is 1. The van der Waals surface area contributed by atoms with Crippen molar-refractivity contribution in [3.8, 4) is 0 Å². The van der Waals surface area contributed by atoms with Gasteiger partial charge in [-0.2, -0.15) is 0 Å². The van der Waals surface area contributed by atoms with Crippen molar-refractivity contribution in [3.63, 3.8) is 0 Å². The molecule has 1 aromatic rings. The number of rotatable bonds is 4. The van der Waals surface area contributed by atoms with Crippen LogP contribution in [0.4, 0.5) is 0 Å². The minimum absolute atomic E-state index is 0.0464. The third-order valence-electron chi connectivity index (χ3n) is 3.27. The lowest BCUT2D eigenvalue weighted by Gasteiger charge is -2.27. The first kappa shape index (κ1) is 16.0. The SMILES string of the molecule is C[C@H](NC(=O)CC(N)C(C)(C)C)c1ccccc1Cl. The van der Waals surface area contributed by atoms with Crippen molar-refractivity contribution < 1.29 is 4.79 Å². The van der Waals surface area contributed by atoms with Crippen LogP contribution in [0.25, 0.3) is 0 Å². The minimum Gasteiger partial charge on any atom is -0.349 e. The zero-order valence-electron chi connectivity index (χ0n) is 12.0. The summed E-state index contributed by atoms with van der Waals surface area (Å²) in [7, 11) is 0. The number of carbonyl (C=O) groups is 1. The first-order valence-electron chi connectivity index (χ1n) is 6.51. The first-order chi connectivity index (χ1) is 8.71. The Bertz CT molecular complexity index is 440. The summed E-state index contributed by atoms with van der Waals surface area (Å²) in [5.41, 5.74) is 6.85. The van der Waals surface area contributed by atoms with Crippen LogP contribution in [0.2, 0.25) is 5.02 Å². The quantitative estimate of drug-likeness (QED) is 0.890. The van der Waals surface area contributed by atoms with E-state index in [1.807, 2.05) is 52.0 Å². The fourth-order valence-corrected chi connectivity index (χ4v) is 2.01. The van der Waals surface area contributed by atoms with Crippen molar-refractivity contribution in [3.05, 3.63) is 34.9 Å². The lowest BCUT2D eigenvalue weighted by atomic mass is 9.85. The van der Waals surface area contributed by atoms with Crippen molar-refractivity contribution in [1.82, 2.24) is 5.32 Å². The number of hydrogen-bond donors (Lipinski definition) is 2. The average molecular weight is 283 g/mol. The molecule has 1 rings (SSSR count). The highest BCUT2D eigenvalue weighted by Crippen LogP contribution is 2.23. The fourth-order valence-electron chi connectivity index (χ4n) is 1.71. The molecular formula is C15H23ClN2O. The standard InChI is InChI=1S/C15H23ClN2O/c1-10(11-7-5-6-8-12(11)16)18-14(19)9-13(17)15(2,3)4/h5-8,10,13H,9,17H2,1-4H3,(H,18,19)/t10-,13?/m0/s1. The lowest BCUT2D eigenvalue weighted by molar-refractivity contribution is -0.122. The molecule has 0 spiro atoms. The molecule has 2 atom stereocenters. The molecule has 19 heavy (non-hydrogen) atoms. The van der Waals surface area contributed by atoms with Gasteiger partial charge in [0.1, 0.15) is 0 Å². The van der Waals surface area contributed by atoms with Crippen LogP contribution in [0.1, 0.15) is 45.7 Å². The van der Waals surface area contributed by atoms with Gasteiger partial charge in [-0.15, -0.1) is 0 Å². The Balaban J connectivity index is 2.61. The van der Waals surface area contributed by atoms with E-state index in [0.29, 0.717) is 11.4 Å². The summed E-state index contributed by atoms with van der Waals surface area (Å²) >= 11 is 6.10. The van der Waals surface area contributed by atoms with Crippen molar-refractivity contribution >= 4 is 17.5 Å². The number of nitrogens with two attached hydrogens (primary N) is 1. The van der Waals surface area contributed by atoms with E-state index in [1.54, 1.807) is 0 Å². The molecule has 1 unspecified atom stereocenters. The molecule has 0 saturated carbocycles. The Morgan fingerprint density at radius 1 is 1.37 bits per heavy atom. The average Bonchev–Trinajstić information content (AvgIpc) is 2.27. The van der Waals surface area contributed by atoms with Gasteiger partial charge >= 0.3 is 0 Å². The molecule has 0 aliphatic heterocycles. The van der Waals surface area contributed by atoms with Crippen molar-refractivity contribution in [2.75, 3.05) is 0 Å². The van der Waals surface area contributed by atoms with E-state index in [-0.39, 0.29) is 23.4 Å². The van der Waals surface area contributed by atoms with Gasteiger partial charge in [-0.05, 0) is 24.0 Å². The molecule has 1 amide bonds. The zero-order chi connectivity index (χ0) is 14.6. The van der Waals surface area contributed by atoms with Crippen LogP contribution < -0.4 is 11.1 Å². The van der Waals surface area contributed by atoms with E-state index in [4.69, 9.17) is 17.3 Å². The highest BCUT2D eigenvalue weighted by molar-refractivity contribution is 6.31. The predicted molar refractivity (Wildman–Crippen MR) is 80.1 cm³/mol. The molecule has 106 valence electrons. The van der Waals surface area contributed by atoms with Crippen LogP contribution in [0.5, 0.6) is 0 Å². The summed E-state index contributed by atoms with van der Waals surface area (Å²) in [6.45, 7) is 8.01. The second-order valence-corrected chi connectivity index (χ2v) is 6.39. The first-order valence-corrected chi connectivity index (χ1v) is 6.89. The van der Waals surface area contributed by atoms with Gasteiger partial charge in [-0.1, -0.05) is 50.6 Å². The summed E-state index contributed by atoms with van der Waals surface area (Å²) < 4.78 is 0. The van der Waals surface area contributed by atoms with Crippen LogP contribution >= 0.6 is 11.6 Å². The Labute approximate surface area is 120 Å². The van der Waals surface area contributed by atoms with Crippen LogP contribution in [0.3, 0.4) is 0 Å². The highest BCUT2D eigenvalue weighted by atomic mass is 35.5. The molecule has 3 N–H and O–H groups in total. The second kappa shape index (κ2) is 6.40. The Morgan fingerprint density at radius 3 is 2.47 bits per heavy atom. The maximum absolute atomic E-state index is 12.0. The normalized spacial score (nSPS) is 14.8. The molecule has 3 nitrogen and oxygen atoms in total. The third kappa shape index (κ3) is 4.84. The molecule has 0 aliphatic carbocycles. The molecule has 0 radical (unpaired) electrons. The number of halogens is 1. The number of hydrogen-bond acceptors (Lipinski definition) is 2. The monoisotopic (exact) mass is 282 g/mol. The van der Waals surface area contributed by atoms with Crippen molar-refractivity contribution in [2.24, 2.45) is 11.1 Å². The molecule has 4 heteroatoms. The largest absolute Gasteiger partial charge is 0.349 e. The van der Waals surface area contributed by atoms with Crippen molar-refractivity contribution in [1.29, 1.82) is 0 Å². The second-order valence-electron chi connectivity index (χ2n) is 5.99. The number of benzene rings is 1.